The van der Waals surface area contributed by atoms with Crippen molar-refractivity contribution in [1.29, 1.82) is 0 Å². The Labute approximate surface area is 303 Å². The summed E-state index contributed by atoms with van der Waals surface area (Å²) in [5, 5.41) is 0. The summed E-state index contributed by atoms with van der Waals surface area (Å²) in [6, 6.07) is 51.8. The molecule has 8 heteroatoms. The average Bonchev–Trinajstić information content (AvgIpc) is 3.22. The van der Waals surface area contributed by atoms with Crippen molar-refractivity contribution in [3.05, 3.63) is 203 Å². The average molecular weight is 690 g/mol. The van der Waals surface area contributed by atoms with Crippen LogP contribution in [0, 0.1) is 0 Å². The number of methoxy groups -OCH3 is 1. The maximum absolute atomic E-state index is 13.0. The summed E-state index contributed by atoms with van der Waals surface area (Å²) in [5.41, 5.74) is 11.2. The minimum atomic E-state index is -0.378. The molecule has 6 rings (SSSR count). The van der Waals surface area contributed by atoms with Crippen LogP contribution in [-0.2, 0) is 17.8 Å². The van der Waals surface area contributed by atoms with E-state index in [1.807, 2.05) is 121 Å². The Balaban J connectivity index is 0.000000201. The van der Waals surface area contributed by atoms with Crippen LogP contribution in [0.25, 0.3) is 0 Å². The first kappa shape index (κ1) is 36.6. The molecule has 0 spiro atoms. The van der Waals surface area contributed by atoms with Crippen LogP contribution in [-0.4, -0.2) is 37.2 Å². The Bertz CT molecular complexity index is 1900. The van der Waals surface area contributed by atoms with E-state index in [2.05, 4.69) is 0 Å². The van der Waals surface area contributed by atoms with Gasteiger partial charge in [0.05, 0.1) is 32.3 Å². The van der Waals surface area contributed by atoms with Crippen LogP contribution < -0.4 is 15.5 Å². The van der Waals surface area contributed by atoms with Crippen molar-refractivity contribution < 1.29 is 23.9 Å². The number of ketones is 1. The molecule has 6 aromatic rings. The molecule has 0 fully saturated rings. The van der Waals surface area contributed by atoms with Crippen molar-refractivity contribution in [2.75, 3.05) is 23.5 Å². The number of para-hydroxylation sites is 2. The lowest BCUT2D eigenvalue weighted by molar-refractivity contribution is 0.0600. The normalized spacial score (nSPS) is 10.3. The molecule has 0 atom stereocenters. The van der Waals surface area contributed by atoms with Crippen LogP contribution >= 0.6 is 0 Å². The number of carbonyl (C=O) groups excluding carboxylic acids is 4. The molecular weight excluding hydrogens is 650 g/mol. The zero-order valence-corrected chi connectivity index (χ0v) is 28.8. The Morgan fingerprint density at radius 3 is 1.15 bits per heavy atom. The summed E-state index contributed by atoms with van der Waals surface area (Å²) in [7, 11) is 1.35. The maximum Gasteiger partial charge on any atom is 0.337 e. The number of rotatable bonds is 11. The number of esters is 1. The van der Waals surface area contributed by atoms with Crippen LogP contribution in [0.1, 0.15) is 52.6 Å². The second kappa shape index (κ2) is 18.4. The molecular formula is C44H39N3O5. The van der Waals surface area contributed by atoms with Gasteiger partial charge < -0.3 is 20.3 Å². The number of benzene rings is 6. The van der Waals surface area contributed by atoms with Crippen molar-refractivity contribution in [3.63, 3.8) is 0 Å². The van der Waals surface area contributed by atoms with Gasteiger partial charge in [-0.3, -0.25) is 14.4 Å². The van der Waals surface area contributed by atoms with Gasteiger partial charge in [-0.15, -0.1) is 0 Å². The highest BCUT2D eigenvalue weighted by molar-refractivity contribution is 6.06. The third-order valence-electron chi connectivity index (χ3n) is 8.19. The molecule has 0 heterocycles. The second-order valence-electron chi connectivity index (χ2n) is 11.7. The predicted octanol–water partition coefficient (Wildman–Crippen LogP) is 8.00. The molecule has 0 bridgehead atoms. The van der Waals surface area contributed by atoms with E-state index in [0.29, 0.717) is 35.3 Å². The minimum Gasteiger partial charge on any atom is -0.465 e. The quantitative estimate of drug-likeness (QED) is 0.109. The second-order valence-corrected chi connectivity index (χ2v) is 11.7. The van der Waals surface area contributed by atoms with Gasteiger partial charge in [0.25, 0.3) is 11.8 Å². The van der Waals surface area contributed by atoms with Gasteiger partial charge in [-0.25, -0.2) is 4.79 Å². The predicted molar refractivity (Wildman–Crippen MR) is 204 cm³/mol. The fraction of sp³-hybridized carbons (Fsp3) is 0.0909. The van der Waals surface area contributed by atoms with Gasteiger partial charge in [0.15, 0.2) is 5.78 Å². The van der Waals surface area contributed by atoms with Gasteiger partial charge in [0.2, 0.25) is 0 Å². The van der Waals surface area contributed by atoms with Crippen molar-refractivity contribution in [1.82, 2.24) is 0 Å². The smallest absolute Gasteiger partial charge is 0.337 e. The molecule has 0 saturated carbocycles. The Morgan fingerprint density at radius 1 is 0.462 bits per heavy atom. The highest BCUT2D eigenvalue weighted by atomic mass is 16.5. The van der Waals surface area contributed by atoms with Gasteiger partial charge >= 0.3 is 5.97 Å². The zero-order chi connectivity index (χ0) is 36.7. The van der Waals surface area contributed by atoms with Crippen molar-refractivity contribution in [3.8, 4) is 0 Å². The number of hydrogen-bond donors (Lipinski definition) is 1. The first-order valence-corrected chi connectivity index (χ1v) is 16.7. The lowest BCUT2D eigenvalue weighted by Gasteiger charge is -2.23. The van der Waals surface area contributed by atoms with Gasteiger partial charge in [0.1, 0.15) is 0 Å². The van der Waals surface area contributed by atoms with Crippen molar-refractivity contribution in [2.24, 2.45) is 5.73 Å². The van der Waals surface area contributed by atoms with Crippen LogP contribution in [0.2, 0.25) is 0 Å². The first-order chi connectivity index (χ1) is 25.4. The molecule has 260 valence electrons. The highest BCUT2D eigenvalue weighted by Crippen LogP contribution is 2.22. The van der Waals surface area contributed by atoms with Gasteiger partial charge in [-0.1, -0.05) is 109 Å². The topological polar surface area (TPSA) is 110 Å². The molecule has 52 heavy (non-hydrogen) atoms. The van der Waals surface area contributed by atoms with E-state index in [4.69, 9.17) is 10.5 Å². The molecule has 8 nitrogen and oxygen atoms in total. The van der Waals surface area contributed by atoms with Crippen LogP contribution in [0.3, 0.4) is 0 Å². The summed E-state index contributed by atoms with van der Waals surface area (Å²) in [4.78, 5) is 52.8. The number of anilines is 2. The molecule has 2 N–H and O–H groups in total. The Kier molecular flexibility index (Phi) is 12.9. The SMILES string of the molecule is COC(=O)c1ccc(CN(C(=O)c2ccccc2)c2ccccc2)cc1.NCC(=O)c1ccc(CN(C(=O)c2ccccc2)c2ccccc2)cc1. The lowest BCUT2D eigenvalue weighted by Crippen LogP contribution is -2.30. The Morgan fingerprint density at radius 2 is 0.808 bits per heavy atom. The summed E-state index contributed by atoms with van der Waals surface area (Å²) in [5.74, 6) is -0.624. The molecule has 0 aliphatic heterocycles. The number of amides is 2. The number of nitrogens with zero attached hydrogens (tertiary/aromatic N) is 2. The molecule has 6 aromatic carbocycles. The number of carbonyl (C=O) groups is 4. The van der Waals surface area contributed by atoms with E-state index in [-0.39, 0.29) is 30.1 Å². The van der Waals surface area contributed by atoms with Gasteiger partial charge in [-0.05, 0) is 71.8 Å². The molecule has 0 unspecified atom stereocenters. The number of hydrogen-bond acceptors (Lipinski definition) is 6. The minimum absolute atomic E-state index is 0.0119. The van der Waals surface area contributed by atoms with Crippen LogP contribution in [0.5, 0.6) is 0 Å². The van der Waals surface area contributed by atoms with E-state index in [1.54, 1.807) is 58.3 Å². The Hall–Kier alpha value is -6.64. The summed E-state index contributed by atoms with van der Waals surface area (Å²) < 4.78 is 4.72. The lowest BCUT2D eigenvalue weighted by atomic mass is 10.1. The highest BCUT2D eigenvalue weighted by Gasteiger charge is 2.19. The van der Waals surface area contributed by atoms with E-state index >= 15 is 0 Å². The number of Topliss-reactive ketones (excluding diaryl/α,β-unsaturated/α-hetero) is 1. The summed E-state index contributed by atoms with van der Waals surface area (Å²) >= 11 is 0. The molecule has 2 amide bonds. The van der Waals surface area contributed by atoms with Crippen molar-refractivity contribution in [2.45, 2.75) is 13.1 Å². The molecule has 0 aliphatic carbocycles. The first-order valence-electron chi connectivity index (χ1n) is 16.7. The molecule has 0 radical (unpaired) electrons. The summed E-state index contributed by atoms with van der Waals surface area (Å²) in [6.07, 6.45) is 0. The third-order valence-corrected chi connectivity index (χ3v) is 8.19. The van der Waals surface area contributed by atoms with E-state index in [0.717, 1.165) is 22.5 Å². The zero-order valence-electron chi connectivity index (χ0n) is 28.8. The van der Waals surface area contributed by atoms with Gasteiger partial charge in [-0.2, -0.15) is 0 Å². The standard InChI is InChI=1S/C22H20N2O2.C22H19NO3/c23-15-21(25)18-13-11-17(12-14-18)16-24(20-9-5-2-6-10-20)22(26)19-7-3-1-4-8-19;1-26-22(25)19-14-12-17(13-15-19)16-23(20-10-6-3-7-11-20)21(24)18-8-4-2-5-9-18/h1-14H,15-16,23H2;2-15H,16H2,1H3. The number of ether oxygens (including phenoxy) is 1. The maximum atomic E-state index is 13.0. The van der Waals surface area contributed by atoms with Crippen LogP contribution in [0.15, 0.2) is 170 Å². The molecule has 0 saturated heterocycles. The fourth-order valence-corrected chi connectivity index (χ4v) is 5.39. The number of nitrogens with two attached hydrogens (primary N) is 1. The molecule has 0 aromatic heterocycles. The van der Waals surface area contributed by atoms with Crippen molar-refractivity contribution >= 4 is 34.9 Å². The van der Waals surface area contributed by atoms with Crippen LogP contribution in [0.4, 0.5) is 11.4 Å². The fourth-order valence-electron chi connectivity index (χ4n) is 5.39. The van der Waals surface area contributed by atoms with E-state index < -0.39 is 0 Å². The monoisotopic (exact) mass is 689 g/mol. The van der Waals surface area contributed by atoms with E-state index in [9.17, 15) is 19.2 Å². The largest absolute Gasteiger partial charge is 0.465 e. The summed E-state index contributed by atoms with van der Waals surface area (Å²) in [6.45, 7) is 0.802. The molecule has 0 aliphatic rings. The third kappa shape index (κ3) is 9.74. The van der Waals surface area contributed by atoms with E-state index in [1.165, 1.54) is 7.11 Å². The van der Waals surface area contributed by atoms with Gasteiger partial charge in [0, 0.05) is 28.1 Å².